The average Bonchev–Trinajstić information content (AvgIpc) is 3.10. The number of phenols is 1. The van der Waals surface area contributed by atoms with E-state index >= 15 is 0 Å². The fraction of sp³-hybridized carbons (Fsp3) is 0.450. The van der Waals surface area contributed by atoms with Crippen LogP contribution < -0.4 is 16.5 Å². The maximum atomic E-state index is 10.9. The van der Waals surface area contributed by atoms with Gasteiger partial charge in [-0.25, -0.2) is 14.6 Å². The zero-order chi connectivity index (χ0) is 23.7. The number of phenolic OH excluding ortho intramolecular Hbond substituents is 1. The summed E-state index contributed by atoms with van der Waals surface area (Å²) >= 11 is 0. The number of carboxylic acid groups (broad SMARTS) is 2. The Kier molecular flexibility index (Phi) is 9.77. The molecule has 1 unspecified atom stereocenters. The molecule has 0 spiro atoms. The van der Waals surface area contributed by atoms with Crippen LogP contribution in [0.15, 0.2) is 24.4 Å². The van der Waals surface area contributed by atoms with Crippen molar-refractivity contribution >= 4 is 29.0 Å². The molecule has 0 aliphatic heterocycles. The van der Waals surface area contributed by atoms with E-state index < -0.39 is 24.1 Å². The van der Waals surface area contributed by atoms with Gasteiger partial charge in [-0.15, -0.1) is 0 Å². The SMILES string of the molecule is CC(Cc1c[nH]c2cccc(O)c12)N(C)NC(=O)O.CC[C@H](C)[C@H](N)C(=O)NC(=O)O. The van der Waals surface area contributed by atoms with Crippen LogP contribution in [0.4, 0.5) is 9.59 Å². The van der Waals surface area contributed by atoms with Crippen molar-refractivity contribution in [1.82, 2.24) is 20.7 Å². The number of benzene rings is 1. The third kappa shape index (κ3) is 7.79. The first-order valence-electron chi connectivity index (χ1n) is 9.77. The molecule has 0 saturated heterocycles. The average molecular weight is 437 g/mol. The number of nitrogens with one attached hydrogen (secondary N) is 3. The molecule has 0 saturated carbocycles. The minimum Gasteiger partial charge on any atom is -0.507 e. The van der Waals surface area contributed by atoms with Gasteiger partial charge in [0.05, 0.1) is 6.04 Å². The van der Waals surface area contributed by atoms with Gasteiger partial charge in [-0.05, 0) is 37.0 Å². The predicted octanol–water partition coefficient (Wildman–Crippen LogP) is 2.07. The maximum Gasteiger partial charge on any atom is 0.419 e. The van der Waals surface area contributed by atoms with E-state index in [2.05, 4.69) is 10.4 Å². The normalized spacial score (nSPS) is 13.6. The Morgan fingerprint density at radius 3 is 2.39 bits per heavy atom. The summed E-state index contributed by atoms with van der Waals surface area (Å²) < 4.78 is 0. The second kappa shape index (κ2) is 11.8. The third-order valence-electron chi connectivity index (χ3n) is 5.00. The van der Waals surface area contributed by atoms with Gasteiger partial charge in [-0.3, -0.25) is 15.5 Å². The number of carbonyl (C=O) groups excluding carboxylic acids is 1. The highest BCUT2D eigenvalue weighted by atomic mass is 16.4. The number of imide groups is 1. The number of carbonyl (C=O) groups is 3. The number of aromatic hydroxyl groups is 1. The number of aromatic amines is 1. The second-order valence-electron chi connectivity index (χ2n) is 7.30. The minimum absolute atomic E-state index is 0.00986. The Morgan fingerprint density at radius 2 is 1.84 bits per heavy atom. The summed E-state index contributed by atoms with van der Waals surface area (Å²) in [5.74, 6) is -0.420. The van der Waals surface area contributed by atoms with Crippen molar-refractivity contribution in [2.24, 2.45) is 11.7 Å². The highest BCUT2D eigenvalue weighted by Crippen LogP contribution is 2.28. The number of amides is 3. The van der Waals surface area contributed by atoms with E-state index in [1.807, 2.05) is 26.1 Å². The topological polar surface area (TPSA) is 181 Å². The molecule has 11 nitrogen and oxygen atoms in total. The van der Waals surface area contributed by atoms with Gasteiger partial charge >= 0.3 is 12.2 Å². The largest absolute Gasteiger partial charge is 0.507 e. The van der Waals surface area contributed by atoms with Gasteiger partial charge < -0.3 is 26.0 Å². The van der Waals surface area contributed by atoms with Crippen LogP contribution in [0.25, 0.3) is 10.9 Å². The first-order chi connectivity index (χ1) is 14.5. The quantitative estimate of drug-likeness (QED) is 0.321. The van der Waals surface area contributed by atoms with E-state index in [4.69, 9.17) is 15.9 Å². The van der Waals surface area contributed by atoms with Gasteiger partial charge in [-0.1, -0.05) is 26.3 Å². The molecule has 3 atom stereocenters. The predicted molar refractivity (Wildman–Crippen MR) is 116 cm³/mol. The molecule has 3 amide bonds. The molecule has 2 rings (SSSR count). The van der Waals surface area contributed by atoms with Crippen molar-refractivity contribution in [3.8, 4) is 5.75 Å². The summed E-state index contributed by atoms with van der Waals surface area (Å²) in [6.45, 7) is 5.60. The number of likely N-dealkylation sites (N-methyl/N-ethyl adjacent to an activating group) is 1. The Bertz CT molecular complexity index is 899. The number of nitrogens with zero attached hydrogens (tertiary/aromatic N) is 1. The van der Waals surface area contributed by atoms with Gasteiger partial charge in [0.25, 0.3) is 0 Å². The van der Waals surface area contributed by atoms with Crippen molar-refractivity contribution in [3.05, 3.63) is 30.0 Å². The van der Waals surface area contributed by atoms with E-state index in [1.165, 1.54) is 5.01 Å². The van der Waals surface area contributed by atoms with E-state index in [0.29, 0.717) is 6.42 Å². The lowest BCUT2D eigenvalue weighted by Crippen LogP contribution is -2.46. The van der Waals surface area contributed by atoms with Crippen LogP contribution in [0.3, 0.4) is 0 Å². The van der Waals surface area contributed by atoms with Crippen molar-refractivity contribution in [2.45, 2.75) is 45.7 Å². The number of nitrogens with two attached hydrogens (primary N) is 1. The number of rotatable bonds is 7. The Balaban J connectivity index is 0.000000348. The number of hydrogen-bond acceptors (Lipinski definition) is 6. The summed E-state index contributed by atoms with van der Waals surface area (Å²) in [6, 6.07) is 4.53. The smallest absolute Gasteiger partial charge is 0.419 e. The summed E-state index contributed by atoms with van der Waals surface area (Å²) in [6.07, 6.45) is 0.757. The van der Waals surface area contributed by atoms with Crippen molar-refractivity contribution in [3.63, 3.8) is 0 Å². The van der Waals surface area contributed by atoms with Crippen LogP contribution in [0, 0.1) is 5.92 Å². The van der Waals surface area contributed by atoms with Crippen LogP contribution in [0.1, 0.15) is 32.8 Å². The number of hydrogen-bond donors (Lipinski definition) is 7. The molecule has 0 bridgehead atoms. The summed E-state index contributed by atoms with van der Waals surface area (Å²) in [4.78, 5) is 34.7. The molecule has 1 heterocycles. The molecule has 11 heteroatoms. The molecule has 0 aliphatic carbocycles. The summed E-state index contributed by atoms with van der Waals surface area (Å²) in [7, 11) is 1.67. The molecular weight excluding hydrogens is 406 g/mol. The fourth-order valence-electron chi connectivity index (χ4n) is 2.81. The van der Waals surface area contributed by atoms with Gasteiger partial charge in [0.15, 0.2) is 0 Å². The first-order valence-corrected chi connectivity index (χ1v) is 9.77. The van der Waals surface area contributed by atoms with Gasteiger partial charge in [0.1, 0.15) is 5.75 Å². The molecule has 1 aromatic carbocycles. The van der Waals surface area contributed by atoms with Crippen LogP contribution in [0.2, 0.25) is 0 Å². The fourth-order valence-corrected chi connectivity index (χ4v) is 2.81. The van der Waals surface area contributed by atoms with Crippen LogP contribution in [-0.2, 0) is 11.2 Å². The Morgan fingerprint density at radius 1 is 1.19 bits per heavy atom. The lowest BCUT2D eigenvalue weighted by molar-refractivity contribution is -0.122. The zero-order valence-corrected chi connectivity index (χ0v) is 18.0. The van der Waals surface area contributed by atoms with E-state index in [0.717, 1.165) is 22.9 Å². The number of hydrazine groups is 1. The molecule has 0 radical (unpaired) electrons. The molecule has 0 aliphatic rings. The van der Waals surface area contributed by atoms with Gasteiger partial charge in [-0.2, -0.15) is 0 Å². The number of fused-ring (bicyclic) bond motifs is 1. The molecule has 2 aromatic rings. The molecule has 172 valence electrons. The second-order valence-corrected chi connectivity index (χ2v) is 7.30. The van der Waals surface area contributed by atoms with Gasteiger partial charge in [0, 0.05) is 30.2 Å². The van der Waals surface area contributed by atoms with Crippen LogP contribution in [0.5, 0.6) is 5.75 Å². The highest BCUT2D eigenvalue weighted by Gasteiger charge is 2.20. The zero-order valence-electron chi connectivity index (χ0n) is 18.0. The summed E-state index contributed by atoms with van der Waals surface area (Å²) in [5, 5.41) is 30.8. The highest BCUT2D eigenvalue weighted by molar-refractivity contribution is 5.94. The van der Waals surface area contributed by atoms with Crippen molar-refractivity contribution < 1.29 is 29.7 Å². The van der Waals surface area contributed by atoms with Gasteiger partial charge in [0.2, 0.25) is 5.91 Å². The summed E-state index contributed by atoms with van der Waals surface area (Å²) in [5.41, 5.74) is 9.57. The lowest BCUT2D eigenvalue weighted by atomic mass is 10.00. The Labute approximate surface area is 180 Å². The lowest BCUT2D eigenvalue weighted by Gasteiger charge is -2.23. The monoisotopic (exact) mass is 437 g/mol. The molecule has 0 fully saturated rings. The number of aromatic nitrogens is 1. The number of H-pyrrole nitrogens is 1. The van der Waals surface area contributed by atoms with Crippen LogP contribution >= 0.6 is 0 Å². The van der Waals surface area contributed by atoms with Crippen molar-refractivity contribution in [2.75, 3.05) is 7.05 Å². The molecular formula is C20H31N5O6. The van der Waals surface area contributed by atoms with E-state index in [9.17, 15) is 19.5 Å². The first kappa shape index (κ1) is 25.7. The minimum atomic E-state index is -1.36. The Hall–Kier alpha value is -3.31. The standard InChI is InChI=1S/C13H17N3O3.C7H14N2O3/c1-8(16(2)15-13(18)19)6-9-7-14-10-4-3-5-11(17)12(9)10;1-3-4(2)5(8)6(10)9-7(11)12/h3-5,7-8,14-15,17H,6H2,1-2H3,(H,18,19);4-5H,3,8H2,1-2H3,(H,9,10)(H,11,12)/t;4-,5-/m.0/s1. The van der Waals surface area contributed by atoms with E-state index in [-0.39, 0.29) is 17.7 Å². The van der Waals surface area contributed by atoms with Crippen molar-refractivity contribution in [1.29, 1.82) is 0 Å². The van der Waals surface area contributed by atoms with E-state index in [1.54, 1.807) is 31.4 Å². The molecule has 31 heavy (non-hydrogen) atoms. The van der Waals surface area contributed by atoms with Crippen LogP contribution in [-0.4, -0.2) is 62.5 Å². The molecule has 1 aromatic heterocycles. The maximum absolute atomic E-state index is 10.9. The third-order valence-corrected chi connectivity index (χ3v) is 5.00. The molecule has 8 N–H and O–H groups in total.